The molecule has 0 N–H and O–H groups in total. The molecule has 22 heavy (non-hydrogen) atoms. The number of ketones is 2. The molecule has 0 aliphatic heterocycles. The van der Waals surface area contributed by atoms with E-state index in [1.165, 1.54) is 6.92 Å². The second kappa shape index (κ2) is 5.25. The average molecular weight is 314 g/mol. The fourth-order valence-corrected chi connectivity index (χ4v) is 3.26. The van der Waals surface area contributed by atoms with Gasteiger partial charge in [0.25, 0.3) is 0 Å². The molecule has 0 saturated heterocycles. The Hall–Kier alpha value is -2.13. The van der Waals surface area contributed by atoms with E-state index in [0.717, 1.165) is 28.4 Å². The van der Waals surface area contributed by atoms with E-state index >= 15 is 0 Å². The summed E-state index contributed by atoms with van der Waals surface area (Å²) in [6.07, 6.45) is 0. The predicted octanol–water partition coefficient (Wildman–Crippen LogP) is 4.87. The van der Waals surface area contributed by atoms with Crippen molar-refractivity contribution in [2.24, 2.45) is 0 Å². The highest BCUT2D eigenvalue weighted by Gasteiger charge is 2.16. The van der Waals surface area contributed by atoms with Gasteiger partial charge < -0.3 is 4.57 Å². The maximum atomic E-state index is 11.7. The summed E-state index contributed by atoms with van der Waals surface area (Å²) in [6.45, 7) is 5.89. The fourth-order valence-electron chi connectivity index (χ4n) is 2.94. The van der Waals surface area contributed by atoms with Crippen LogP contribution in [0.15, 0.2) is 30.3 Å². The standard InChI is InChI=1S/C18H16ClNO2/c1-4-20-17-6-5-12(10(2)21)7-14(17)15-8-13(11(3)22)9-16(19)18(15)20/h5-9H,4H2,1-3H3. The summed E-state index contributed by atoms with van der Waals surface area (Å²) in [5.74, 6) is -0.00274. The van der Waals surface area contributed by atoms with Gasteiger partial charge in [0.1, 0.15) is 0 Å². The Morgan fingerprint density at radius 2 is 1.64 bits per heavy atom. The van der Waals surface area contributed by atoms with Crippen LogP contribution in [0, 0.1) is 0 Å². The SMILES string of the molecule is CCn1c2ccc(C(C)=O)cc2c2cc(C(C)=O)cc(Cl)c21. The monoisotopic (exact) mass is 313 g/mol. The van der Waals surface area contributed by atoms with Crippen molar-refractivity contribution >= 4 is 45.0 Å². The highest BCUT2D eigenvalue weighted by Crippen LogP contribution is 2.35. The van der Waals surface area contributed by atoms with Gasteiger partial charge in [0, 0.05) is 34.0 Å². The summed E-state index contributed by atoms with van der Waals surface area (Å²) >= 11 is 6.42. The number of benzene rings is 2. The number of aryl methyl sites for hydroxylation is 1. The number of carbonyl (C=O) groups excluding carboxylic acids is 2. The molecule has 1 aromatic heterocycles. The lowest BCUT2D eigenvalue weighted by Gasteiger charge is -2.05. The largest absolute Gasteiger partial charge is 0.340 e. The molecule has 0 saturated carbocycles. The van der Waals surface area contributed by atoms with E-state index in [0.29, 0.717) is 16.1 Å². The van der Waals surface area contributed by atoms with Gasteiger partial charge in [-0.3, -0.25) is 9.59 Å². The lowest BCUT2D eigenvalue weighted by molar-refractivity contribution is 0.100. The second-order valence-corrected chi connectivity index (χ2v) is 5.85. The van der Waals surface area contributed by atoms with E-state index in [-0.39, 0.29) is 11.6 Å². The van der Waals surface area contributed by atoms with Crippen molar-refractivity contribution in [2.75, 3.05) is 0 Å². The molecule has 112 valence electrons. The highest BCUT2D eigenvalue weighted by atomic mass is 35.5. The third-order valence-corrected chi connectivity index (χ3v) is 4.33. The van der Waals surface area contributed by atoms with Gasteiger partial charge >= 0.3 is 0 Å². The van der Waals surface area contributed by atoms with Crippen molar-refractivity contribution < 1.29 is 9.59 Å². The maximum absolute atomic E-state index is 11.7. The first kappa shape index (κ1) is 14.8. The number of hydrogen-bond donors (Lipinski definition) is 0. The smallest absolute Gasteiger partial charge is 0.159 e. The highest BCUT2D eigenvalue weighted by molar-refractivity contribution is 6.37. The zero-order valence-electron chi connectivity index (χ0n) is 12.7. The molecule has 0 aliphatic carbocycles. The third-order valence-electron chi connectivity index (χ3n) is 4.04. The number of fused-ring (bicyclic) bond motifs is 3. The minimum absolute atomic E-state index is 0.0214. The van der Waals surface area contributed by atoms with E-state index in [1.807, 2.05) is 31.2 Å². The molecule has 4 heteroatoms. The normalized spacial score (nSPS) is 11.3. The molecule has 0 radical (unpaired) electrons. The zero-order chi connectivity index (χ0) is 16.0. The molecule has 3 aromatic rings. The first-order valence-corrected chi connectivity index (χ1v) is 7.59. The van der Waals surface area contributed by atoms with Gasteiger partial charge in [0.05, 0.1) is 10.5 Å². The van der Waals surface area contributed by atoms with Gasteiger partial charge in [0.2, 0.25) is 0 Å². The Bertz CT molecular complexity index is 937. The van der Waals surface area contributed by atoms with Crippen molar-refractivity contribution in [3.05, 3.63) is 46.5 Å². The van der Waals surface area contributed by atoms with Crippen molar-refractivity contribution in [1.82, 2.24) is 4.57 Å². The van der Waals surface area contributed by atoms with E-state index in [2.05, 4.69) is 4.57 Å². The lowest BCUT2D eigenvalue weighted by Crippen LogP contribution is -1.96. The van der Waals surface area contributed by atoms with Gasteiger partial charge in [-0.25, -0.2) is 0 Å². The molecule has 0 spiro atoms. The lowest BCUT2D eigenvalue weighted by atomic mass is 10.0. The number of aromatic nitrogens is 1. The van der Waals surface area contributed by atoms with Crippen molar-refractivity contribution in [3.8, 4) is 0 Å². The van der Waals surface area contributed by atoms with Gasteiger partial charge in [-0.15, -0.1) is 0 Å². The number of nitrogens with zero attached hydrogens (tertiary/aromatic N) is 1. The molecule has 0 bridgehead atoms. The summed E-state index contributed by atoms with van der Waals surface area (Å²) in [5, 5.41) is 2.43. The van der Waals surface area contributed by atoms with E-state index in [9.17, 15) is 9.59 Å². The van der Waals surface area contributed by atoms with Crippen LogP contribution in [0.4, 0.5) is 0 Å². The molecule has 0 unspecified atom stereocenters. The van der Waals surface area contributed by atoms with Crippen molar-refractivity contribution in [3.63, 3.8) is 0 Å². The predicted molar refractivity (Wildman–Crippen MR) is 90.1 cm³/mol. The molecule has 0 aliphatic rings. The number of rotatable bonds is 3. The van der Waals surface area contributed by atoms with Crippen LogP contribution in [-0.4, -0.2) is 16.1 Å². The van der Waals surface area contributed by atoms with Crippen LogP contribution in [0.5, 0.6) is 0 Å². The molecule has 0 fully saturated rings. The quantitative estimate of drug-likeness (QED) is 0.647. The Labute approximate surface area is 133 Å². The molecule has 3 nitrogen and oxygen atoms in total. The summed E-state index contributed by atoms with van der Waals surface area (Å²) in [6, 6.07) is 9.23. The maximum Gasteiger partial charge on any atom is 0.159 e. The van der Waals surface area contributed by atoms with E-state index in [4.69, 9.17) is 11.6 Å². The van der Waals surface area contributed by atoms with E-state index < -0.39 is 0 Å². The van der Waals surface area contributed by atoms with Crippen molar-refractivity contribution in [2.45, 2.75) is 27.3 Å². The number of Topliss-reactive ketones (excluding diaryl/α,β-unsaturated/α-hetero) is 2. The Balaban J connectivity index is 2.51. The number of halogens is 1. The third kappa shape index (κ3) is 2.13. The van der Waals surface area contributed by atoms with Crippen LogP contribution in [0.1, 0.15) is 41.5 Å². The van der Waals surface area contributed by atoms with Crippen LogP contribution in [-0.2, 0) is 6.54 Å². The van der Waals surface area contributed by atoms with Crippen molar-refractivity contribution in [1.29, 1.82) is 0 Å². The summed E-state index contributed by atoms with van der Waals surface area (Å²) in [7, 11) is 0. The van der Waals surface area contributed by atoms with Crippen LogP contribution >= 0.6 is 11.6 Å². The molecule has 1 heterocycles. The minimum atomic E-state index is -0.0241. The topological polar surface area (TPSA) is 39.1 Å². The van der Waals surface area contributed by atoms with Gasteiger partial charge in [0.15, 0.2) is 11.6 Å². The summed E-state index contributed by atoms with van der Waals surface area (Å²) in [5.41, 5.74) is 3.17. The molecule has 3 rings (SSSR count). The van der Waals surface area contributed by atoms with Crippen LogP contribution in [0.2, 0.25) is 5.02 Å². The van der Waals surface area contributed by atoms with Gasteiger partial charge in [-0.05, 0) is 51.1 Å². The van der Waals surface area contributed by atoms with E-state index in [1.54, 1.807) is 13.0 Å². The number of hydrogen-bond acceptors (Lipinski definition) is 2. The fraction of sp³-hybridized carbons (Fsp3) is 0.222. The zero-order valence-corrected chi connectivity index (χ0v) is 13.5. The Morgan fingerprint density at radius 3 is 2.23 bits per heavy atom. The Kier molecular flexibility index (Phi) is 3.53. The first-order chi connectivity index (χ1) is 10.4. The Morgan fingerprint density at radius 1 is 1.00 bits per heavy atom. The molecule has 0 amide bonds. The molecule has 2 aromatic carbocycles. The van der Waals surface area contributed by atoms with Crippen LogP contribution < -0.4 is 0 Å². The van der Waals surface area contributed by atoms with Crippen LogP contribution in [0.25, 0.3) is 21.8 Å². The van der Waals surface area contributed by atoms with Gasteiger partial charge in [-0.1, -0.05) is 11.6 Å². The second-order valence-electron chi connectivity index (χ2n) is 5.44. The summed E-state index contributed by atoms with van der Waals surface area (Å²) < 4.78 is 2.11. The molecular weight excluding hydrogens is 298 g/mol. The minimum Gasteiger partial charge on any atom is -0.340 e. The van der Waals surface area contributed by atoms with Crippen LogP contribution in [0.3, 0.4) is 0 Å². The first-order valence-electron chi connectivity index (χ1n) is 7.21. The van der Waals surface area contributed by atoms with Gasteiger partial charge in [-0.2, -0.15) is 0 Å². The summed E-state index contributed by atoms with van der Waals surface area (Å²) in [4.78, 5) is 23.4. The number of carbonyl (C=O) groups is 2. The molecule has 0 atom stereocenters. The molecular formula is C18H16ClNO2. The average Bonchev–Trinajstić information content (AvgIpc) is 2.80.